The van der Waals surface area contributed by atoms with Crippen molar-refractivity contribution >= 4 is 11.7 Å². The summed E-state index contributed by atoms with van der Waals surface area (Å²) >= 11 is 0. The Bertz CT molecular complexity index is 784. The number of nitrogens with one attached hydrogen (secondary N) is 1. The average molecular weight is 337 g/mol. The molecule has 1 N–H and O–H groups in total. The second-order valence-corrected chi connectivity index (χ2v) is 6.87. The number of carbonyl (C=O) groups excluding carboxylic acids is 1. The van der Waals surface area contributed by atoms with Gasteiger partial charge in [0.15, 0.2) is 0 Å². The lowest BCUT2D eigenvalue weighted by Crippen LogP contribution is -2.36. The number of benzene rings is 2. The highest BCUT2D eigenvalue weighted by Gasteiger charge is 2.40. The van der Waals surface area contributed by atoms with Crippen molar-refractivity contribution < 1.29 is 14.3 Å². The number of rotatable bonds is 2. The summed E-state index contributed by atoms with van der Waals surface area (Å²) in [6.07, 6.45) is 2.35. The molecular formula is C21H23NO3. The quantitative estimate of drug-likeness (QED) is 0.824. The van der Waals surface area contributed by atoms with Gasteiger partial charge in [0.1, 0.15) is 0 Å². The van der Waals surface area contributed by atoms with Crippen molar-refractivity contribution in [2.24, 2.45) is 5.92 Å². The molecular weight excluding hydrogens is 314 g/mol. The fraction of sp³-hybridized carbons (Fsp3) is 0.381. The molecule has 0 radical (unpaired) electrons. The number of fused-ring (bicyclic) bond motifs is 3. The predicted octanol–water partition coefficient (Wildman–Crippen LogP) is 4.42. The zero-order chi connectivity index (χ0) is 17.4. The van der Waals surface area contributed by atoms with Gasteiger partial charge < -0.3 is 14.8 Å². The van der Waals surface area contributed by atoms with E-state index in [-0.39, 0.29) is 18.1 Å². The third kappa shape index (κ3) is 2.81. The third-order valence-electron chi connectivity index (χ3n) is 5.40. The standard InChI is InChI=1S/C21H23NO3/c1-13-5-3-6-16-18(13)22-19(17-7-4-12-25-20(16)17)14-8-10-15(11-9-14)21(23)24-2/h3,5-6,8-11,17,19-20,22H,4,7,12H2,1-2H3. The van der Waals surface area contributed by atoms with E-state index in [1.807, 2.05) is 24.3 Å². The van der Waals surface area contributed by atoms with Gasteiger partial charge in [-0.15, -0.1) is 0 Å². The van der Waals surface area contributed by atoms with E-state index in [1.165, 1.54) is 29.5 Å². The van der Waals surface area contributed by atoms with Gasteiger partial charge in [-0.05, 0) is 43.0 Å². The van der Waals surface area contributed by atoms with E-state index in [0.717, 1.165) is 19.4 Å². The van der Waals surface area contributed by atoms with Gasteiger partial charge >= 0.3 is 5.97 Å². The average Bonchev–Trinajstić information content (AvgIpc) is 2.67. The van der Waals surface area contributed by atoms with Gasteiger partial charge in [-0.3, -0.25) is 0 Å². The summed E-state index contributed by atoms with van der Waals surface area (Å²) in [7, 11) is 1.41. The third-order valence-corrected chi connectivity index (χ3v) is 5.40. The summed E-state index contributed by atoms with van der Waals surface area (Å²) in [4.78, 5) is 11.7. The summed E-state index contributed by atoms with van der Waals surface area (Å²) in [5.74, 6) is 0.0928. The molecule has 3 atom stereocenters. The van der Waals surface area contributed by atoms with Crippen LogP contribution in [-0.4, -0.2) is 19.7 Å². The molecule has 1 saturated heterocycles. The molecule has 2 aromatic carbocycles. The molecule has 0 saturated carbocycles. The zero-order valence-corrected chi connectivity index (χ0v) is 14.6. The first-order valence-corrected chi connectivity index (χ1v) is 8.85. The van der Waals surface area contributed by atoms with Crippen LogP contribution >= 0.6 is 0 Å². The molecule has 4 heteroatoms. The first kappa shape index (κ1) is 16.2. The minimum atomic E-state index is -0.303. The molecule has 2 aliphatic rings. The minimum Gasteiger partial charge on any atom is -0.465 e. The van der Waals surface area contributed by atoms with Crippen molar-refractivity contribution in [3.05, 3.63) is 64.7 Å². The molecule has 2 aliphatic heterocycles. The van der Waals surface area contributed by atoms with Crippen LogP contribution in [0.3, 0.4) is 0 Å². The van der Waals surface area contributed by atoms with E-state index in [2.05, 4.69) is 30.4 Å². The highest BCUT2D eigenvalue weighted by molar-refractivity contribution is 5.89. The smallest absolute Gasteiger partial charge is 0.337 e. The maximum atomic E-state index is 11.7. The molecule has 3 unspecified atom stereocenters. The van der Waals surface area contributed by atoms with Crippen LogP contribution < -0.4 is 5.32 Å². The van der Waals surface area contributed by atoms with Crippen LogP contribution in [0.15, 0.2) is 42.5 Å². The summed E-state index contributed by atoms with van der Waals surface area (Å²) < 4.78 is 11.0. The second-order valence-electron chi connectivity index (χ2n) is 6.87. The maximum Gasteiger partial charge on any atom is 0.337 e. The van der Waals surface area contributed by atoms with Crippen LogP contribution in [0.5, 0.6) is 0 Å². The lowest BCUT2D eigenvalue weighted by atomic mass is 9.77. The van der Waals surface area contributed by atoms with Gasteiger partial charge in [0, 0.05) is 23.8 Å². The van der Waals surface area contributed by atoms with Crippen molar-refractivity contribution in [2.75, 3.05) is 19.0 Å². The van der Waals surface area contributed by atoms with Crippen LogP contribution in [0.1, 0.15) is 52.0 Å². The monoisotopic (exact) mass is 337 g/mol. The minimum absolute atomic E-state index is 0.134. The second kappa shape index (κ2) is 6.52. The first-order valence-electron chi connectivity index (χ1n) is 8.85. The molecule has 0 amide bonds. The molecule has 1 fully saturated rings. The molecule has 0 bridgehead atoms. The maximum absolute atomic E-state index is 11.7. The normalized spacial score (nSPS) is 24.6. The number of carbonyl (C=O) groups is 1. The van der Waals surface area contributed by atoms with Gasteiger partial charge in [0.25, 0.3) is 0 Å². The summed E-state index contributed by atoms with van der Waals surface area (Å²) in [5, 5.41) is 3.75. The van der Waals surface area contributed by atoms with Crippen LogP contribution in [-0.2, 0) is 9.47 Å². The molecule has 0 aromatic heterocycles. The zero-order valence-electron chi connectivity index (χ0n) is 14.6. The number of ether oxygens (including phenoxy) is 2. The van der Waals surface area contributed by atoms with Crippen molar-refractivity contribution in [3.8, 4) is 0 Å². The van der Waals surface area contributed by atoms with E-state index in [0.29, 0.717) is 11.5 Å². The van der Waals surface area contributed by atoms with Crippen LogP contribution in [0, 0.1) is 12.8 Å². The molecule has 4 rings (SSSR count). The van der Waals surface area contributed by atoms with Crippen LogP contribution in [0.4, 0.5) is 5.69 Å². The molecule has 2 heterocycles. The van der Waals surface area contributed by atoms with E-state index in [4.69, 9.17) is 9.47 Å². The van der Waals surface area contributed by atoms with Crippen molar-refractivity contribution in [1.29, 1.82) is 0 Å². The Morgan fingerprint density at radius 3 is 2.76 bits per heavy atom. The number of methoxy groups -OCH3 is 1. The van der Waals surface area contributed by atoms with Gasteiger partial charge in [0.2, 0.25) is 0 Å². The predicted molar refractivity (Wildman–Crippen MR) is 96.7 cm³/mol. The van der Waals surface area contributed by atoms with E-state index in [1.54, 1.807) is 0 Å². The van der Waals surface area contributed by atoms with E-state index < -0.39 is 0 Å². The Hall–Kier alpha value is -2.33. The molecule has 2 aromatic rings. The molecule has 0 aliphatic carbocycles. The molecule has 130 valence electrons. The molecule has 0 spiro atoms. The first-order chi connectivity index (χ1) is 12.2. The Kier molecular flexibility index (Phi) is 4.22. The van der Waals surface area contributed by atoms with E-state index in [9.17, 15) is 4.79 Å². The van der Waals surface area contributed by atoms with Gasteiger partial charge in [-0.1, -0.05) is 30.3 Å². The number of hydrogen-bond acceptors (Lipinski definition) is 4. The number of esters is 1. The molecule has 25 heavy (non-hydrogen) atoms. The summed E-state index contributed by atoms with van der Waals surface area (Å²) in [6.45, 7) is 2.95. The highest BCUT2D eigenvalue weighted by atomic mass is 16.5. The van der Waals surface area contributed by atoms with Crippen molar-refractivity contribution in [2.45, 2.75) is 31.9 Å². The lowest BCUT2D eigenvalue weighted by molar-refractivity contribution is -0.0381. The number of para-hydroxylation sites is 1. The van der Waals surface area contributed by atoms with Crippen molar-refractivity contribution in [3.63, 3.8) is 0 Å². The number of hydrogen-bond donors (Lipinski definition) is 1. The fourth-order valence-corrected chi connectivity index (χ4v) is 4.13. The van der Waals surface area contributed by atoms with Gasteiger partial charge in [-0.2, -0.15) is 0 Å². The Morgan fingerprint density at radius 2 is 2.00 bits per heavy atom. The van der Waals surface area contributed by atoms with Gasteiger partial charge in [-0.25, -0.2) is 4.79 Å². The lowest BCUT2D eigenvalue weighted by Gasteiger charge is -2.44. The summed E-state index contributed by atoms with van der Waals surface area (Å²) in [5.41, 5.74) is 5.46. The van der Waals surface area contributed by atoms with E-state index >= 15 is 0 Å². The Balaban J connectivity index is 1.72. The van der Waals surface area contributed by atoms with Crippen LogP contribution in [0.25, 0.3) is 0 Å². The number of anilines is 1. The highest BCUT2D eigenvalue weighted by Crippen LogP contribution is 2.49. The summed E-state index contributed by atoms with van der Waals surface area (Å²) in [6, 6.07) is 14.3. The SMILES string of the molecule is COC(=O)c1ccc(C2Nc3c(C)cccc3C3OCCCC23)cc1. The van der Waals surface area contributed by atoms with Gasteiger partial charge in [0.05, 0.1) is 24.8 Å². The largest absolute Gasteiger partial charge is 0.465 e. The Morgan fingerprint density at radius 1 is 1.20 bits per heavy atom. The van der Waals surface area contributed by atoms with Crippen molar-refractivity contribution in [1.82, 2.24) is 0 Å². The van der Waals surface area contributed by atoms with Crippen LogP contribution in [0.2, 0.25) is 0 Å². The Labute approximate surface area is 148 Å². The topological polar surface area (TPSA) is 47.6 Å². The number of aryl methyl sites for hydroxylation is 1. The molecule has 4 nitrogen and oxygen atoms in total. The fourth-order valence-electron chi connectivity index (χ4n) is 4.13.